The van der Waals surface area contributed by atoms with E-state index in [9.17, 15) is 4.79 Å². The van der Waals surface area contributed by atoms with Crippen molar-refractivity contribution < 1.29 is 9.21 Å². The van der Waals surface area contributed by atoms with Gasteiger partial charge in [-0.05, 0) is 36.2 Å². The largest absolute Gasteiger partial charge is 0.459 e. The molecule has 23 heavy (non-hydrogen) atoms. The second-order valence-corrected chi connectivity index (χ2v) is 5.74. The maximum absolute atomic E-state index is 12.5. The van der Waals surface area contributed by atoms with Gasteiger partial charge in [-0.25, -0.2) is 0 Å². The SMILES string of the molecule is Cc1ccoc1C(=O)NC(c1ccccc1)c1ccc(Cl)cc1. The zero-order valence-corrected chi connectivity index (χ0v) is 13.4. The van der Waals surface area contributed by atoms with Gasteiger partial charge < -0.3 is 9.73 Å². The van der Waals surface area contributed by atoms with Crippen molar-refractivity contribution >= 4 is 17.5 Å². The summed E-state index contributed by atoms with van der Waals surface area (Å²) in [6.07, 6.45) is 1.52. The van der Waals surface area contributed by atoms with Crippen LogP contribution in [0.25, 0.3) is 0 Å². The second-order valence-electron chi connectivity index (χ2n) is 5.30. The van der Waals surface area contributed by atoms with Gasteiger partial charge in [0, 0.05) is 10.6 Å². The van der Waals surface area contributed by atoms with Gasteiger partial charge in [-0.3, -0.25) is 4.79 Å². The summed E-state index contributed by atoms with van der Waals surface area (Å²) >= 11 is 5.97. The number of nitrogens with one attached hydrogen (secondary N) is 1. The van der Waals surface area contributed by atoms with Crippen LogP contribution in [0.1, 0.15) is 33.3 Å². The minimum atomic E-state index is -0.273. The molecule has 1 heterocycles. The lowest BCUT2D eigenvalue weighted by atomic mass is 9.98. The number of carbonyl (C=O) groups is 1. The summed E-state index contributed by atoms with van der Waals surface area (Å²) in [5, 5.41) is 3.70. The highest BCUT2D eigenvalue weighted by atomic mass is 35.5. The summed E-state index contributed by atoms with van der Waals surface area (Å²) in [5.41, 5.74) is 2.76. The van der Waals surface area contributed by atoms with Gasteiger partial charge in [0.15, 0.2) is 5.76 Å². The Hall–Kier alpha value is -2.52. The number of hydrogen-bond donors (Lipinski definition) is 1. The van der Waals surface area contributed by atoms with Crippen molar-refractivity contribution in [1.29, 1.82) is 0 Å². The molecule has 1 aromatic heterocycles. The van der Waals surface area contributed by atoms with Gasteiger partial charge in [-0.15, -0.1) is 0 Å². The molecule has 0 radical (unpaired) electrons. The van der Waals surface area contributed by atoms with Crippen molar-refractivity contribution in [3.05, 3.63) is 94.4 Å². The molecule has 0 bridgehead atoms. The number of carbonyl (C=O) groups excluding carboxylic acids is 1. The van der Waals surface area contributed by atoms with Gasteiger partial charge in [0.25, 0.3) is 5.91 Å². The summed E-state index contributed by atoms with van der Waals surface area (Å²) < 4.78 is 5.28. The molecular weight excluding hydrogens is 310 g/mol. The maximum Gasteiger partial charge on any atom is 0.288 e. The van der Waals surface area contributed by atoms with E-state index < -0.39 is 0 Å². The predicted octanol–water partition coefficient (Wildman–Crippen LogP) is 4.76. The van der Waals surface area contributed by atoms with Crippen LogP contribution < -0.4 is 5.32 Å². The summed E-state index contributed by atoms with van der Waals surface area (Å²) in [7, 11) is 0. The number of rotatable bonds is 4. The average Bonchev–Trinajstić information content (AvgIpc) is 3.00. The number of benzene rings is 2. The van der Waals surface area contributed by atoms with Crippen LogP contribution in [0.2, 0.25) is 5.02 Å². The molecule has 3 rings (SSSR count). The highest BCUT2D eigenvalue weighted by Crippen LogP contribution is 2.24. The van der Waals surface area contributed by atoms with Gasteiger partial charge in [0.2, 0.25) is 0 Å². The van der Waals surface area contributed by atoms with E-state index in [2.05, 4.69) is 5.32 Å². The van der Waals surface area contributed by atoms with E-state index >= 15 is 0 Å². The van der Waals surface area contributed by atoms with Gasteiger partial charge in [0.05, 0.1) is 12.3 Å². The predicted molar refractivity (Wildman–Crippen MR) is 90.6 cm³/mol. The smallest absolute Gasteiger partial charge is 0.288 e. The van der Waals surface area contributed by atoms with Crippen molar-refractivity contribution in [2.75, 3.05) is 0 Å². The highest BCUT2D eigenvalue weighted by Gasteiger charge is 2.20. The number of halogens is 1. The first-order valence-corrected chi connectivity index (χ1v) is 7.68. The van der Waals surface area contributed by atoms with E-state index in [0.717, 1.165) is 16.7 Å². The molecule has 116 valence electrons. The zero-order chi connectivity index (χ0) is 16.2. The average molecular weight is 326 g/mol. The Kier molecular flexibility index (Phi) is 4.49. The van der Waals surface area contributed by atoms with E-state index in [0.29, 0.717) is 10.8 Å². The van der Waals surface area contributed by atoms with E-state index in [1.165, 1.54) is 6.26 Å². The monoisotopic (exact) mass is 325 g/mol. The first-order chi connectivity index (χ1) is 11.1. The van der Waals surface area contributed by atoms with Crippen LogP contribution in [0.4, 0.5) is 0 Å². The fourth-order valence-corrected chi connectivity index (χ4v) is 2.59. The van der Waals surface area contributed by atoms with E-state index in [-0.39, 0.29) is 11.9 Å². The topological polar surface area (TPSA) is 42.2 Å². The van der Waals surface area contributed by atoms with E-state index in [4.69, 9.17) is 16.0 Å². The van der Waals surface area contributed by atoms with Crippen LogP contribution in [-0.2, 0) is 0 Å². The Morgan fingerprint density at radius 1 is 1.00 bits per heavy atom. The lowest BCUT2D eigenvalue weighted by molar-refractivity contribution is 0.0914. The third-order valence-electron chi connectivity index (χ3n) is 3.68. The molecule has 2 aromatic carbocycles. The Balaban J connectivity index is 1.94. The van der Waals surface area contributed by atoms with Crippen molar-refractivity contribution in [3.8, 4) is 0 Å². The minimum absolute atomic E-state index is 0.240. The molecule has 0 saturated heterocycles. The first-order valence-electron chi connectivity index (χ1n) is 7.30. The van der Waals surface area contributed by atoms with E-state index in [1.807, 2.05) is 61.5 Å². The number of amides is 1. The number of aryl methyl sites for hydroxylation is 1. The minimum Gasteiger partial charge on any atom is -0.459 e. The molecular formula is C19H16ClNO2. The van der Waals surface area contributed by atoms with Crippen LogP contribution in [0.5, 0.6) is 0 Å². The van der Waals surface area contributed by atoms with Crippen molar-refractivity contribution in [1.82, 2.24) is 5.32 Å². The standard InChI is InChI=1S/C19H16ClNO2/c1-13-11-12-23-18(13)19(22)21-17(14-5-3-2-4-6-14)15-7-9-16(20)10-8-15/h2-12,17H,1H3,(H,21,22). The quantitative estimate of drug-likeness (QED) is 0.751. The van der Waals surface area contributed by atoms with Crippen LogP contribution in [0.3, 0.4) is 0 Å². The van der Waals surface area contributed by atoms with Crippen molar-refractivity contribution in [2.45, 2.75) is 13.0 Å². The first kappa shape index (κ1) is 15.4. The van der Waals surface area contributed by atoms with Crippen molar-refractivity contribution in [2.24, 2.45) is 0 Å². The molecule has 0 saturated carbocycles. The molecule has 1 N–H and O–H groups in total. The van der Waals surface area contributed by atoms with Gasteiger partial charge in [-0.1, -0.05) is 54.1 Å². The Morgan fingerprint density at radius 2 is 1.65 bits per heavy atom. The van der Waals surface area contributed by atoms with E-state index in [1.54, 1.807) is 6.07 Å². The summed E-state index contributed by atoms with van der Waals surface area (Å²) in [6.45, 7) is 1.85. The van der Waals surface area contributed by atoms with Crippen LogP contribution in [0.15, 0.2) is 71.3 Å². The Morgan fingerprint density at radius 3 is 2.26 bits per heavy atom. The maximum atomic E-state index is 12.5. The Labute approximate surface area is 139 Å². The summed E-state index contributed by atoms with van der Waals surface area (Å²) in [6, 6.07) is 18.8. The molecule has 0 spiro atoms. The molecule has 1 unspecified atom stereocenters. The third kappa shape index (κ3) is 3.46. The molecule has 4 heteroatoms. The van der Waals surface area contributed by atoms with Gasteiger partial charge >= 0.3 is 0 Å². The van der Waals surface area contributed by atoms with Crippen LogP contribution in [-0.4, -0.2) is 5.91 Å². The lowest BCUT2D eigenvalue weighted by Gasteiger charge is -2.19. The Bertz CT molecular complexity index is 794. The molecule has 0 aliphatic heterocycles. The fraction of sp³-hybridized carbons (Fsp3) is 0.105. The zero-order valence-electron chi connectivity index (χ0n) is 12.6. The highest BCUT2D eigenvalue weighted by molar-refractivity contribution is 6.30. The number of furan rings is 1. The van der Waals surface area contributed by atoms with Gasteiger partial charge in [-0.2, -0.15) is 0 Å². The lowest BCUT2D eigenvalue weighted by Crippen LogP contribution is -2.29. The second kappa shape index (κ2) is 6.71. The summed E-state index contributed by atoms with van der Waals surface area (Å²) in [5.74, 6) is 0.0937. The molecule has 3 nitrogen and oxygen atoms in total. The summed E-state index contributed by atoms with van der Waals surface area (Å²) in [4.78, 5) is 12.5. The molecule has 1 atom stereocenters. The molecule has 0 aliphatic carbocycles. The van der Waals surface area contributed by atoms with Gasteiger partial charge in [0.1, 0.15) is 0 Å². The number of hydrogen-bond acceptors (Lipinski definition) is 2. The molecule has 0 fully saturated rings. The fourth-order valence-electron chi connectivity index (χ4n) is 2.46. The third-order valence-corrected chi connectivity index (χ3v) is 3.93. The molecule has 3 aromatic rings. The normalized spacial score (nSPS) is 11.9. The van der Waals surface area contributed by atoms with Crippen molar-refractivity contribution in [3.63, 3.8) is 0 Å². The molecule has 0 aliphatic rings. The molecule has 1 amide bonds. The van der Waals surface area contributed by atoms with Crippen LogP contribution in [0, 0.1) is 6.92 Å². The van der Waals surface area contributed by atoms with Crippen LogP contribution >= 0.6 is 11.6 Å².